The Bertz CT molecular complexity index is 426. The van der Waals surface area contributed by atoms with Gasteiger partial charge in [0.05, 0.1) is 6.10 Å². The van der Waals surface area contributed by atoms with Crippen LogP contribution in [-0.2, 0) is 10.8 Å². The van der Waals surface area contributed by atoms with Crippen LogP contribution in [0.25, 0.3) is 0 Å². The third-order valence-corrected chi connectivity index (χ3v) is 3.03. The van der Waals surface area contributed by atoms with Gasteiger partial charge in [0.25, 0.3) is 0 Å². The summed E-state index contributed by atoms with van der Waals surface area (Å²) >= 11 is 0. The predicted octanol–water partition coefficient (Wildman–Crippen LogP) is 1.02. The number of aromatic nitrogens is 2. The highest BCUT2D eigenvalue weighted by Gasteiger charge is 2.13. The lowest BCUT2D eigenvalue weighted by atomic mass is 10.3. The molecule has 0 aliphatic heterocycles. The molecule has 0 aliphatic rings. The Balaban J connectivity index is 2.80. The topological polar surface area (TPSA) is 90.1 Å². The lowest BCUT2D eigenvalue weighted by molar-refractivity contribution is 0.234. The molecule has 0 bridgehead atoms. The highest BCUT2D eigenvalue weighted by molar-refractivity contribution is 7.84. The maximum Gasteiger partial charge on any atom is 0.242 e. The van der Waals surface area contributed by atoms with Gasteiger partial charge in [0.15, 0.2) is 5.82 Å². The normalized spacial score (nSPS) is 14.3. The molecule has 18 heavy (non-hydrogen) atoms. The Morgan fingerprint density at radius 3 is 2.67 bits per heavy atom. The Morgan fingerprint density at radius 1 is 1.44 bits per heavy atom. The van der Waals surface area contributed by atoms with E-state index in [-0.39, 0.29) is 12.1 Å². The summed E-state index contributed by atoms with van der Waals surface area (Å²) in [6.07, 6.45) is 3.05. The molecule has 0 aromatic carbocycles. The van der Waals surface area contributed by atoms with E-state index in [0.717, 1.165) is 0 Å². The molecule has 0 aliphatic carbocycles. The maximum absolute atomic E-state index is 11.1. The van der Waals surface area contributed by atoms with Crippen LogP contribution in [0.2, 0.25) is 0 Å². The van der Waals surface area contributed by atoms with Crippen molar-refractivity contribution in [3.05, 3.63) is 6.33 Å². The van der Waals surface area contributed by atoms with E-state index in [0.29, 0.717) is 23.1 Å². The van der Waals surface area contributed by atoms with Crippen LogP contribution in [0.15, 0.2) is 6.33 Å². The Hall–Kier alpha value is -1.37. The molecule has 102 valence electrons. The smallest absolute Gasteiger partial charge is 0.242 e. The Kier molecular flexibility index (Phi) is 5.33. The van der Waals surface area contributed by atoms with Crippen molar-refractivity contribution < 1.29 is 8.95 Å². The van der Waals surface area contributed by atoms with Gasteiger partial charge >= 0.3 is 0 Å². The van der Waals surface area contributed by atoms with Gasteiger partial charge in [0, 0.05) is 28.9 Å². The van der Waals surface area contributed by atoms with E-state index in [4.69, 9.17) is 10.5 Å². The molecule has 0 radical (unpaired) electrons. The van der Waals surface area contributed by atoms with E-state index in [1.54, 1.807) is 6.26 Å². The van der Waals surface area contributed by atoms with Crippen LogP contribution in [0.5, 0.6) is 5.88 Å². The second kappa shape index (κ2) is 6.53. The summed E-state index contributed by atoms with van der Waals surface area (Å²) < 4.78 is 16.6. The first-order valence-corrected chi connectivity index (χ1v) is 7.46. The molecule has 1 heterocycles. The molecule has 6 nitrogen and oxygen atoms in total. The van der Waals surface area contributed by atoms with Gasteiger partial charge in [-0.25, -0.2) is 4.98 Å². The first-order chi connectivity index (χ1) is 8.40. The second-order valence-corrected chi connectivity index (χ2v) is 5.87. The van der Waals surface area contributed by atoms with Crippen LogP contribution < -0.4 is 15.8 Å². The SMILES string of the molecule is CC(CS(C)=O)Nc1ncnc(OC(C)C)c1N. The summed E-state index contributed by atoms with van der Waals surface area (Å²) in [4.78, 5) is 8.06. The van der Waals surface area contributed by atoms with Gasteiger partial charge in [-0.15, -0.1) is 0 Å². The van der Waals surface area contributed by atoms with Gasteiger partial charge in [-0.3, -0.25) is 4.21 Å². The molecule has 7 heteroatoms. The van der Waals surface area contributed by atoms with Crippen LogP contribution in [-0.4, -0.2) is 38.3 Å². The third-order valence-electron chi connectivity index (χ3n) is 2.06. The number of nitrogens with one attached hydrogen (secondary N) is 1. The van der Waals surface area contributed by atoms with Gasteiger partial charge in [-0.05, 0) is 20.8 Å². The number of rotatable bonds is 6. The number of anilines is 2. The Morgan fingerprint density at radius 2 is 2.11 bits per heavy atom. The minimum Gasteiger partial charge on any atom is -0.473 e. The highest BCUT2D eigenvalue weighted by atomic mass is 32.2. The van der Waals surface area contributed by atoms with Crippen molar-refractivity contribution in [3.63, 3.8) is 0 Å². The van der Waals surface area contributed by atoms with Crippen LogP contribution in [0.3, 0.4) is 0 Å². The van der Waals surface area contributed by atoms with E-state index in [2.05, 4.69) is 15.3 Å². The summed E-state index contributed by atoms with van der Waals surface area (Å²) in [5, 5.41) is 3.11. The summed E-state index contributed by atoms with van der Waals surface area (Å²) in [6, 6.07) is 0.0138. The molecule has 3 N–H and O–H groups in total. The van der Waals surface area contributed by atoms with Gasteiger partial charge in [0.2, 0.25) is 5.88 Å². The molecule has 0 saturated heterocycles. The predicted molar refractivity (Wildman–Crippen MR) is 74.2 cm³/mol. The van der Waals surface area contributed by atoms with Gasteiger partial charge < -0.3 is 15.8 Å². The average Bonchev–Trinajstić information content (AvgIpc) is 2.22. The van der Waals surface area contributed by atoms with Crippen LogP contribution in [0.1, 0.15) is 20.8 Å². The molecule has 0 saturated carbocycles. The van der Waals surface area contributed by atoms with Crippen molar-refractivity contribution in [2.45, 2.75) is 32.9 Å². The van der Waals surface area contributed by atoms with Crippen LogP contribution in [0.4, 0.5) is 11.5 Å². The average molecular weight is 272 g/mol. The zero-order valence-electron chi connectivity index (χ0n) is 11.1. The molecular weight excluding hydrogens is 252 g/mol. The number of hydrogen-bond donors (Lipinski definition) is 2. The lowest BCUT2D eigenvalue weighted by Crippen LogP contribution is -2.24. The van der Waals surface area contributed by atoms with Gasteiger partial charge in [-0.1, -0.05) is 0 Å². The highest BCUT2D eigenvalue weighted by Crippen LogP contribution is 2.25. The van der Waals surface area contributed by atoms with Gasteiger partial charge in [-0.2, -0.15) is 4.98 Å². The van der Waals surface area contributed by atoms with Crippen molar-refractivity contribution >= 4 is 22.3 Å². The molecule has 1 rings (SSSR count). The summed E-state index contributed by atoms with van der Waals surface area (Å²) in [5.74, 6) is 1.41. The maximum atomic E-state index is 11.1. The second-order valence-electron chi connectivity index (χ2n) is 4.39. The van der Waals surface area contributed by atoms with Crippen molar-refractivity contribution in [1.29, 1.82) is 0 Å². The largest absolute Gasteiger partial charge is 0.473 e. The molecular formula is C11H20N4O2S. The quantitative estimate of drug-likeness (QED) is 0.803. The Labute approximate surface area is 110 Å². The van der Waals surface area contributed by atoms with E-state index in [9.17, 15) is 4.21 Å². The first-order valence-electron chi connectivity index (χ1n) is 5.73. The van der Waals surface area contributed by atoms with Crippen LogP contribution in [0, 0.1) is 0 Å². The standard InChI is InChI=1S/C11H20N4O2S/c1-7(2)17-11-9(12)10(13-6-14-11)15-8(3)5-18(4)16/h6-8H,5,12H2,1-4H3,(H,13,14,15). The first kappa shape index (κ1) is 14.7. The van der Waals surface area contributed by atoms with Crippen molar-refractivity contribution in [1.82, 2.24) is 9.97 Å². The number of nitrogen functional groups attached to an aromatic ring is 1. The van der Waals surface area contributed by atoms with E-state index in [1.165, 1.54) is 6.33 Å². The van der Waals surface area contributed by atoms with E-state index in [1.807, 2.05) is 20.8 Å². The zero-order chi connectivity index (χ0) is 13.7. The number of nitrogens with two attached hydrogens (primary N) is 1. The fourth-order valence-corrected chi connectivity index (χ4v) is 2.23. The fourth-order valence-electron chi connectivity index (χ4n) is 1.44. The van der Waals surface area contributed by atoms with E-state index >= 15 is 0 Å². The third kappa shape index (κ3) is 4.48. The summed E-state index contributed by atoms with van der Waals surface area (Å²) in [7, 11) is -0.868. The zero-order valence-corrected chi connectivity index (χ0v) is 12.0. The lowest BCUT2D eigenvalue weighted by Gasteiger charge is -2.16. The molecule has 1 aromatic heterocycles. The van der Waals surface area contributed by atoms with Crippen molar-refractivity contribution in [2.75, 3.05) is 23.1 Å². The monoisotopic (exact) mass is 272 g/mol. The van der Waals surface area contributed by atoms with Crippen molar-refractivity contribution in [2.24, 2.45) is 0 Å². The number of nitrogens with zero attached hydrogens (tertiary/aromatic N) is 2. The number of ether oxygens (including phenoxy) is 1. The molecule has 0 fully saturated rings. The molecule has 0 amide bonds. The fraction of sp³-hybridized carbons (Fsp3) is 0.636. The van der Waals surface area contributed by atoms with Crippen LogP contribution >= 0.6 is 0 Å². The molecule has 1 aromatic rings. The van der Waals surface area contributed by atoms with E-state index < -0.39 is 10.8 Å². The molecule has 2 unspecified atom stereocenters. The minimum atomic E-state index is -0.868. The summed E-state index contributed by atoms with van der Waals surface area (Å²) in [6.45, 7) is 5.72. The molecule has 2 atom stereocenters. The van der Waals surface area contributed by atoms with Gasteiger partial charge in [0.1, 0.15) is 12.0 Å². The number of hydrogen-bond acceptors (Lipinski definition) is 6. The summed E-state index contributed by atoms with van der Waals surface area (Å²) in [5.41, 5.74) is 6.30. The minimum absolute atomic E-state index is 0.00406. The molecule has 0 spiro atoms. The van der Waals surface area contributed by atoms with Crippen molar-refractivity contribution in [3.8, 4) is 5.88 Å².